The first-order valence-electron chi connectivity index (χ1n) is 8.39. The minimum atomic E-state index is -0.836. The molecule has 25 heavy (non-hydrogen) atoms. The molecule has 1 aromatic rings. The van der Waals surface area contributed by atoms with Gasteiger partial charge < -0.3 is 16.0 Å². The normalized spacial score (nSPS) is 17.6. The molecule has 1 saturated heterocycles. The number of nitrogens with zero attached hydrogens (tertiary/aromatic N) is 1. The monoisotopic (exact) mass is 371 g/mol. The zero-order valence-corrected chi connectivity index (χ0v) is 15.6. The van der Waals surface area contributed by atoms with E-state index in [4.69, 9.17) is 5.73 Å². The van der Waals surface area contributed by atoms with Crippen molar-refractivity contribution >= 4 is 24.2 Å². The Bertz CT molecular complexity index is 610. The van der Waals surface area contributed by atoms with Gasteiger partial charge >= 0.3 is 0 Å². The van der Waals surface area contributed by atoms with E-state index in [1.165, 1.54) is 12.1 Å². The second-order valence-electron chi connectivity index (χ2n) is 6.81. The number of likely N-dealkylation sites (tertiary alicyclic amines) is 1. The van der Waals surface area contributed by atoms with E-state index in [1.54, 1.807) is 30.9 Å². The zero-order chi connectivity index (χ0) is 17.7. The van der Waals surface area contributed by atoms with Gasteiger partial charge in [-0.3, -0.25) is 9.59 Å². The van der Waals surface area contributed by atoms with Crippen LogP contribution in [-0.4, -0.2) is 42.9 Å². The first kappa shape index (κ1) is 21.4. The van der Waals surface area contributed by atoms with Crippen molar-refractivity contribution in [1.29, 1.82) is 0 Å². The van der Waals surface area contributed by atoms with Crippen molar-refractivity contribution in [3.63, 3.8) is 0 Å². The fourth-order valence-corrected chi connectivity index (χ4v) is 3.11. The molecule has 1 aromatic carbocycles. The molecule has 0 aliphatic carbocycles. The third kappa shape index (κ3) is 5.16. The quantitative estimate of drug-likeness (QED) is 0.829. The highest BCUT2D eigenvalue weighted by Crippen LogP contribution is 2.28. The molecule has 2 amide bonds. The Morgan fingerprint density at radius 2 is 2.12 bits per heavy atom. The number of halogens is 2. The van der Waals surface area contributed by atoms with Gasteiger partial charge in [0.1, 0.15) is 5.82 Å². The smallest absolute Gasteiger partial charge is 0.232 e. The van der Waals surface area contributed by atoms with E-state index in [0.717, 1.165) is 12.8 Å². The zero-order valence-electron chi connectivity index (χ0n) is 14.8. The lowest BCUT2D eigenvalue weighted by atomic mass is 9.82. The molecule has 0 saturated carbocycles. The van der Waals surface area contributed by atoms with Gasteiger partial charge in [-0.05, 0) is 44.4 Å². The van der Waals surface area contributed by atoms with Crippen molar-refractivity contribution in [3.8, 4) is 0 Å². The van der Waals surface area contributed by atoms with Crippen molar-refractivity contribution in [2.24, 2.45) is 11.7 Å². The Morgan fingerprint density at radius 3 is 2.76 bits per heavy atom. The van der Waals surface area contributed by atoms with Crippen LogP contribution in [0.4, 0.5) is 4.39 Å². The molecule has 1 aliphatic rings. The van der Waals surface area contributed by atoms with Crippen LogP contribution in [0, 0.1) is 11.7 Å². The maximum Gasteiger partial charge on any atom is 0.232 e. The minimum Gasteiger partial charge on any atom is -0.355 e. The summed E-state index contributed by atoms with van der Waals surface area (Å²) >= 11 is 0. The van der Waals surface area contributed by atoms with Crippen molar-refractivity contribution in [2.75, 3.05) is 26.2 Å². The van der Waals surface area contributed by atoms with Gasteiger partial charge in [-0.1, -0.05) is 12.1 Å². The molecule has 1 aliphatic heterocycles. The number of nitrogens with one attached hydrogen (secondary N) is 1. The van der Waals surface area contributed by atoms with Gasteiger partial charge in [0.15, 0.2) is 0 Å². The van der Waals surface area contributed by atoms with E-state index < -0.39 is 5.41 Å². The minimum absolute atomic E-state index is 0. The van der Waals surface area contributed by atoms with Gasteiger partial charge in [-0.15, -0.1) is 12.4 Å². The molecule has 1 heterocycles. The first-order chi connectivity index (χ1) is 11.4. The van der Waals surface area contributed by atoms with Crippen molar-refractivity contribution in [3.05, 3.63) is 35.6 Å². The Kier molecular flexibility index (Phi) is 7.83. The van der Waals surface area contributed by atoms with Crippen LogP contribution in [0.15, 0.2) is 24.3 Å². The largest absolute Gasteiger partial charge is 0.355 e. The third-order valence-electron chi connectivity index (χ3n) is 4.60. The van der Waals surface area contributed by atoms with Gasteiger partial charge in [0.05, 0.1) is 11.3 Å². The number of carbonyl (C=O) groups excluding carboxylic acids is 2. The average molecular weight is 372 g/mol. The molecule has 0 radical (unpaired) electrons. The summed E-state index contributed by atoms with van der Waals surface area (Å²) in [6.07, 6.45) is 1.55. The number of hydrogen-bond donors (Lipinski definition) is 2. The molecule has 0 spiro atoms. The van der Waals surface area contributed by atoms with Crippen LogP contribution in [0.2, 0.25) is 0 Å². The lowest BCUT2D eigenvalue weighted by Crippen LogP contribution is -2.50. The standard InChI is InChI=1S/C18H26FN3O2.ClH/c1-18(2,14-6-3-7-15(19)11-14)17(24)22-10-4-5-13(12-22)16(23)21-9-8-20;/h3,6-7,11,13H,4-5,8-10,12,20H2,1-2H3,(H,21,23);1H. The van der Waals surface area contributed by atoms with Crippen molar-refractivity contribution < 1.29 is 14.0 Å². The maximum absolute atomic E-state index is 13.5. The fourth-order valence-electron chi connectivity index (χ4n) is 3.11. The summed E-state index contributed by atoms with van der Waals surface area (Å²) in [5, 5.41) is 2.79. The highest BCUT2D eigenvalue weighted by Gasteiger charge is 2.37. The Hall–Kier alpha value is -1.66. The molecular weight excluding hydrogens is 345 g/mol. The molecule has 1 fully saturated rings. The number of hydrogen-bond acceptors (Lipinski definition) is 3. The first-order valence-corrected chi connectivity index (χ1v) is 8.39. The van der Waals surface area contributed by atoms with Crippen LogP contribution in [0.25, 0.3) is 0 Å². The van der Waals surface area contributed by atoms with E-state index in [9.17, 15) is 14.0 Å². The van der Waals surface area contributed by atoms with Gasteiger partial charge in [0, 0.05) is 26.2 Å². The molecule has 1 atom stereocenters. The van der Waals surface area contributed by atoms with E-state index in [-0.39, 0.29) is 36.0 Å². The summed E-state index contributed by atoms with van der Waals surface area (Å²) in [6, 6.07) is 6.13. The molecule has 5 nitrogen and oxygen atoms in total. The maximum atomic E-state index is 13.5. The highest BCUT2D eigenvalue weighted by molar-refractivity contribution is 5.88. The predicted octanol–water partition coefficient (Wildman–Crippen LogP) is 1.84. The SMILES string of the molecule is CC(C)(C(=O)N1CCCC(C(=O)NCCN)C1)c1cccc(F)c1.Cl. The summed E-state index contributed by atoms with van der Waals surface area (Å²) in [4.78, 5) is 26.8. The molecule has 0 bridgehead atoms. The highest BCUT2D eigenvalue weighted by atomic mass is 35.5. The molecule has 2 rings (SSSR count). The summed E-state index contributed by atoms with van der Waals surface area (Å²) < 4.78 is 13.5. The van der Waals surface area contributed by atoms with Crippen molar-refractivity contribution in [1.82, 2.24) is 10.2 Å². The fraction of sp³-hybridized carbons (Fsp3) is 0.556. The van der Waals surface area contributed by atoms with Gasteiger partial charge in [0.2, 0.25) is 11.8 Å². The van der Waals surface area contributed by atoms with Crippen LogP contribution >= 0.6 is 12.4 Å². The second kappa shape index (κ2) is 9.15. The van der Waals surface area contributed by atoms with E-state index >= 15 is 0 Å². The summed E-state index contributed by atoms with van der Waals surface area (Å²) in [5.74, 6) is -0.699. The van der Waals surface area contributed by atoms with E-state index in [1.807, 2.05) is 0 Å². The van der Waals surface area contributed by atoms with Crippen LogP contribution in [-0.2, 0) is 15.0 Å². The Balaban J connectivity index is 0.00000312. The topological polar surface area (TPSA) is 75.4 Å². The molecule has 0 aromatic heterocycles. The van der Waals surface area contributed by atoms with Gasteiger partial charge in [-0.2, -0.15) is 0 Å². The van der Waals surface area contributed by atoms with Gasteiger partial charge in [0.25, 0.3) is 0 Å². The molecule has 1 unspecified atom stereocenters. The average Bonchev–Trinajstić information content (AvgIpc) is 2.59. The Labute approximate surface area is 154 Å². The number of rotatable bonds is 5. The van der Waals surface area contributed by atoms with Crippen LogP contribution in [0.3, 0.4) is 0 Å². The number of carbonyl (C=O) groups is 2. The van der Waals surface area contributed by atoms with Crippen LogP contribution in [0.1, 0.15) is 32.3 Å². The number of piperidine rings is 1. The number of nitrogens with two attached hydrogens (primary N) is 1. The summed E-state index contributed by atoms with van der Waals surface area (Å²) in [7, 11) is 0. The van der Waals surface area contributed by atoms with Gasteiger partial charge in [-0.25, -0.2) is 4.39 Å². The molecule has 3 N–H and O–H groups in total. The lowest BCUT2D eigenvalue weighted by molar-refractivity contribution is -0.140. The molecule has 7 heteroatoms. The van der Waals surface area contributed by atoms with E-state index in [2.05, 4.69) is 5.32 Å². The number of amides is 2. The molecule has 140 valence electrons. The van der Waals surface area contributed by atoms with Crippen LogP contribution < -0.4 is 11.1 Å². The van der Waals surface area contributed by atoms with E-state index in [0.29, 0.717) is 31.7 Å². The summed E-state index contributed by atoms with van der Waals surface area (Å²) in [5.41, 5.74) is 5.21. The summed E-state index contributed by atoms with van der Waals surface area (Å²) in [6.45, 7) is 5.45. The van der Waals surface area contributed by atoms with Crippen LogP contribution in [0.5, 0.6) is 0 Å². The third-order valence-corrected chi connectivity index (χ3v) is 4.60. The van der Waals surface area contributed by atoms with Crippen molar-refractivity contribution in [2.45, 2.75) is 32.1 Å². The Morgan fingerprint density at radius 1 is 1.40 bits per heavy atom. The molecular formula is C18H27ClFN3O2. The second-order valence-corrected chi connectivity index (χ2v) is 6.81. The number of benzene rings is 1. The lowest BCUT2D eigenvalue weighted by Gasteiger charge is -2.37. The predicted molar refractivity (Wildman–Crippen MR) is 98.0 cm³/mol.